The molecule has 3 heterocycles. The van der Waals surface area contributed by atoms with Crippen LogP contribution < -0.4 is 15.1 Å². The molecule has 2 aliphatic heterocycles. The normalized spacial score (nSPS) is 21.4. The van der Waals surface area contributed by atoms with E-state index < -0.39 is 12.0 Å². The molecule has 3 aliphatic rings. The molecule has 36 heavy (non-hydrogen) atoms. The number of hydrogen-bond acceptors (Lipinski definition) is 5. The smallest absolute Gasteiger partial charge is 0.253 e. The first-order valence-electron chi connectivity index (χ1n) is 12.8. The fourth-order valence-electron chi connectivity index (χ4n) is 5.35. The van der Waals surface area contributed by atoms with Crippen molar-refractivity contribution in [2.75, 3.05) is 42.5 Å². The largest absolute Gasteiger partial charge is 0.387 e. The van der Waals surface area contributed by atoms with Crippen LogP contribution in [-0.2, 0) is 0 Å². The highest BCUT2D eigenvalue weighted by atomic mass is 127. The second-order valence-corrected chi connectivity index (χ2v) is 11.9. The van der Waals surface area contributed by atoms with Gasteiger partial charge in [-0.05, 0) is 96.5 Å². The molecule has 194 valence electrons. The van der Waals surface area contributed by atoms with E-state index >= 15 is 0 Å². The Kier molecular flexibility index (Phi) is 7.15. The highest BCUT2D eigenvalue weighted by Gasteiger charge is 2.44. The van der Waals surface area contributed by atoms with E-state index in [0.29, 0.717) is 28.1 Å². The summed E-state index contributed by atoms with van der Waals surface area (Å²) in [6.45, 7) is 4.24. The molecule has 2 saturated heterocycles. The van der Waals surface area contributed by atoms with Gasteiger partial charge in [-0.2, -0.15) is 0 Å². The zero-order chi connectivity index (χ0) is 25.5. The minimum absolute atomic E-state index is 0.0499. The number of carbonyl (C=O) groups excluding carboxylic acids is 1. The average molecular weight is 610 g/mol. The number of aliphatic hydroxyl groups excluding tert-OH is 1. The number of amides is 1. The summed E-state index contributed by atoms with van der Waals surface area (Å²) in [6, 6.07) is 9.38. The number of alkyl halides is 2. The summed E-state index contributed by atoms with van der Waals surface area (Å²) < 4.78 is 28.2. The van der Waals surface area contributed by atoms with E-state index in [1.807, 2.05) is 24.0 Å². The van der Waals surface area contributed by atoms with Crippen LogP contribution in [0.2, 0.25) is 0 Å². The van der Waals surface area contributed by atoms with E-state index in [0.717, 1.165) is 22.3 Å². The van der Waals surface area contributed by atoms with Gasteiger partial charge in [0.05, 0.1) is 17.4 Å². The fraction of sp³-hybridized carbons (Fsp3) is 0.556. The van der Waals surface area contributed by atoms with Gasteiger partial charge < -0.3 is 20.2 Å². The SMILES string of the molecule is Cc1cc(C(O)CNC(=O)c2ccc(I)cc2N2CCC3(CC2)CC3)cc(N2CCC(F)(F)CC2)n1. The number of nitrogens with one attached hydrogen (secondary N) is 1. The summed E-state index contributed by atoms with van der Waals surface area (Å²) in [6.07, 6.45) is 3.68. The highest BCUT2D eigenvalue weighted by Crippen LogP contribution is 2.54. The molecular formula is C27H33F2IN4O2. The maximum atomic E-state index is 13.6. The van der Waals surface area contributed by atoms with Crippen LogP contribution in [-0.4, -0.2) is 54.6 Å². The molecule has 1 aromatic heterocycles. The molecule has 1 amide bonds. The lowest BCUT2D eigenvalue weighted by Crippen LogP contribution is -2.40. The first-order chi connectivity index (χ1) is 17.1. The molecule has 2 aromatic rings. The Morgan fingerprint density at radius 1 is 1.06 bits per heavy atom. The molecule has 1 spiro atoms. The first kappa shape index (κ1) is 25.6. The van der Waals surface area contributed by atoms with Crippen LogP contribution >= 0.6 is 22.6 Å². The van der Waals surface area contributed by atoms with Gasteiger partial charge in [-0.25, -0.2) is 13.8 Å². The van der Waals surface area contributed by atoms with Gasteiger partial charge >= 0.3 is 0 Å². The van der Waals surface area contributed by atoms with Crippen molar-refractivity contribution in [2.45, 2.75) is 57.5 Å². The maximum Gasteiger partial charge on any atom is 0.253 e. The number of pyridine rings is 1. The molecule has 6 nitrogen and oxygen atoms in total. The van der Waals surface area contributed by atoms with Gasteiger partial charge in [-0.1, -0.05) is 0 Å². The van der Waals surface area contributed by atoms with Gasteiger partial charge in [0, 0.05) is 54.8 Å². The zero-order valence-electron chi connectivity index (χ0n) is 20.6. The van der Waals surface area contributed by atoms with Crippen LogP contribution in [0.15, 0.2) is 30.3 Å². The minimum Gasteiger partial charge on any atom is -0.387 e. The van der Waals surface area contributed by atoms with Crippen molar-refractivity contribution < 1.29 is 18.7 Å². The Balaban J connectivity index is 1.25. The lowest BCUT2D eigenvalue weighted by molar-refractivity contribution is -0.0221. The van der Waals surface area contributed by atoms with E-state index in [1.165, 1.54) is 25.7 Å². The first-order valence-corrected chi connectivity index (χ1v) is 13.8. The van der Waals surface area contributed by atoms with Crippen LogP contribution in [0.5, 0.6) is 0 Å². The van der Waals surface area contributed by atoms with Crippen molar-refractivity contribution in [1.29, 1.82) is 0 Å². The zero-order valence-corrected chi connectivity index (χ0v) is 22.7. The molecular weight excluding hydrogens is 577 g/mol. The number of aryl methyl sites for hydroxylation is 1. The van der Waals surface area contributed by atoms with Gasteiger partial charge in [-0.15, -0.1) is 0 Å². The Morgan fingerprint density at radius 2 is 1.72 bits per heavy atom. The average Bonchev–Trinajstić information content (AvgIpc) is 3.61. The Bertz CT molecular complexity index is 1120. The van der Waals surface area contributed by atoms with E-state index in [9.17, 15) is 18.7 Å². The van der Waals surface area contributed by atoms with Gasteiger partial charge in [0.15, 0.2) is 0 Å². The monoisotopic (exact) mass is 610 g/mol. The topological polar surface area (TPSA) is 68.7 Å². The van der Waals surface area contributed by atoms with Gasteiger partial charge in [0.1, 0.15) is 5.82 Å². The molecule has 0 radical (unpaired) electrons. The van der Waals surface area contributed by atoms with Crippen LogP contribution in [0.25, 0.3) is 0 Å². The second-order valence-electron chi connectivity index (χ2n) is 10.6. The number of aliphatic hydroxyl groups is 1. The molecule has 1 unspecified atom stereocenters. The van der Waals surface area contributed by atoms with Crippen molar-refractivity contribution >= 4 is 40.0 Å². The highest BCUT2D eigenvalue weighted by molar-refractivity contribution is 14.1. The number of halogens is 3. The van der Waals surface area contributed by atoms with E-state index in [1.54, 1.807) is 12.1 Å². The van der Waals surface area contributed by atoms with E-state index in [-0.39, 0.29) is 38.4 Å². The third-order valence-electron chi connectivity index (χ3n) is 7.95. The predicted octanol–water partition coefficient (Wildman–Crippen LogP) is 5.07. The Morgan fingerprint density at radius 3 is 2.39 bits per heavy atom. The van der Waals surface area contributed by atoms with Crippen molar-refractivity contribution in [3.63, 3.8) is 0 Å². The molecule has 1 aromatic carbocycles. The standard InChI is InChI=1S/C27H33F2IN4O2/c1-18-14-19(15-24(32-18)34-12-8-27(28,29)9-13-34)23(35)17-31-25(36)21-3-2-20(30)16-22(21)33-10-6-26(4-5-26)7-11-33/h2-3,14-16,23,35H,4-13,17H2,1H3,(H,31,36). The van der Waals surface area contributed by atoms with Gasteiger partial charge in [-0.3, -0.25) is 4.79 Å². The third kappa shape index (κ3) is 5.77. The van der Waals surface area contributed by atoms with Crippen molar-refractivity contribution in [2.24, 2.45) is 5.41 Å². The summed E-state index contributed by atoms with van der Waals surface area (Å²) in [7, 11) is 0. The van der Waals surface area contributed by atoms with Crippen LogP contribution in [0.4, 0.5) is 20.3 Å². The number of hydrogen-bond donors (Lipinski definition) is 2. The van der Waals surface area contributed by atoms with Crippen LogP contribution in [0, 0.1) is 15.9 Å². The number of anilines is 2. The summed E-state index contributed by atoms with van der Waals surface area (Å²) >= 11 is 2.28. The summed E-state index contributed by atoms with van der Waals surface area (Å²) in [5.74, 6) is -2.25. The molecule has 3 fully saturated rings. The van der Waals surface area contributed by atoms with E-state index in [2.05, 4.69) is 43.9 Å². The summed E-state index contributed by atoms with van der Waals surface area (Å²) in [5.41, 5.74) is 3.44. The number of piperidine rings is 2. The molecule has 1 saturated carbocycles. The molecule has 1 aliphatic carbocycles. The van der Waals surface area contributed by atoms with Gasteiger partial charge in [0.25, 0.3) is 11.8 Å². The molecule has 5 rings (SSSR count). The van der Waals surface area contributed by atoms with Gasteiger partial charge in [0.2, 0.25) is 0 Å². The van der Waals surface area contributed by atoms with E-state index in [4.69, 9.17) is 0 Å². The quantitative estimate of drug-likeness (QED) is 0.447. The van der Waals surface area contributed by atoms with Crippen LogP contribution in [0.3, 0.4) is 0 Å². The predicted molar refractivity (Wildman–Crippen MR) is 145 cm³/mol. The van der Waals surface area contributed by atoms with Crippen molar-refractivity contribution in [3.05, 3.63) is 50.7 Å². The Hall–Kier alpha value is -2.01. The number of carbonyl (C=O) groups is 1. The number of rotatable bonds is 6. The molecule has 9 heteroatoms. The molecule has 2 N–H and O–H groups in total. The number of aromatic nitrogens is 1. The molecule has 1 atom stereocenters. The summed E-state index contributed by atoms with van der Waals surface area (Å²) in [4.78, 5) is 21.8. The van der Waals surface area contributed by atoms with Crippen LogP contribution in [0.1, 0.15) is 66.2 Å². The third-order valence-corrected chi connectivity index (χ3v) is 8.62. The second kappa shape index (κ2) is 10.0. The maximum absolute atomic E-state index is 13.6. The van der Waals surface area contributed by atoms with Crippen molar-refractivity contribution in [3.8, 4) is 0 Å². The fourth-order valence-corrected chi connectivity index (χ4v) is 5.83. The minimum atomic E-state index is -2.63. The Labute approximate surface area is 224 Å². The lowest BCUT2D eigenvalue weighted by atomic mass is 9.93. The number of nitrogens with zero attached hydrogens (tertiary/aromatic N) is 3. The molecule has 0 bridgehead atoms. The summed E-state index contributed by atoms with van der Waals surface area (Å²) in [5, 5.41) is 13.8. The van der Waals surface area contributed by atoms with Crippen molar-refractivity contribution in [1.82, 2.24) is 10.3 Å². The lowest BCUT2D eigenvalue weighted by Gasteiger charge is -2.35. The number of benzene rings is 1.